The number of benzene rings is 2. The lowest BCUT2D eigenvalue weighted by atomic mass is 10.1. The van der Waals surface area contributed by atoms with Gasteiger partial charge in [0.2, 0.25) is 0 Å². The molecule has 1 aliphatic heterocycles. The van der Waals surface area contributed by atoms with E-state index in [1.165, 1.54) is 5.69 Å². The van der Waals surface area contributed by atoms with E-state index >= 15 is 0 Å². The first kappa shape index (κ1) is 18.1. The van der Waals surface area contributed by atoms with Crippen LogP contribution in [0.2, 0.25) is 0 Å². The van der Waals surface area contributed by atoms with E-state index in [0.717, 1.165) is 42.5 Å². The van der Waals surface area contributed by atoms with Crippen molar-refractivity contribution in [1.29, 1.82) is 0 Å². The normalized spacial score (nSPS) is 17.0. The smallest absolute Gasteiger partial charge is 0.191 e. The molecular formula is C22H25N5O. The Kier molecular flexibility index (Phi) is 5.56. The average molecular weight is 375 g/mol. The van der Waals surface area contributed by atoms with Crippen molar-refractivity contribution < 1.29 is 4.52 Å². The molecule has 0 amide bonds. The van der Waals surface area contributed by atoms with Gasteiger partial charge in [0.1, 0.15) is 5.69 Å². The summed E-state index contributed by atoms with van der Waals surface area (Å²) >= 11 is 0. The Morgan fingerprint density at radius 2 is 1.89 bits per heavy atom. The standard InChI is InChI=1S/C22H25N5O/c1-23-22(25-18-12-13-27(16-18)19-10-6-3-7-11-19)24-15-20-14-21(26-28-20)17-8-4-2-5-9-17/h2-11,14,18H,12-13,15-16H2,1H3,(H2,23,24,25). The molecule has 1 unspecified atom stereocenters. The second-order valence-electron chi connectivity index (χ2n) is 6.88. The minimum absolute atomic E-state index is 0.362. The minimum atomic E-state index is 0.362. The predicted molar refractivity (Wildman–Crippen MR) is 112 cm³/mol. The summed E-state index contributed by atoms with van der Waals surface area (Å²) in [7, 11) is 1.79. The fourth-order valence-electron chi connectivity index (χ4n) is 3.45. The van der Waals surface area contributed by atoms with Crippen LogP contribution in [-0.4, -0.2) is 37.3 Å². The Balaban J connectivity index is 1.29. The number of aromatic nitrogens is 1. The Morgan fingerprint density at radius 1 is 1.14 bits per heavy atom. The van der Waals surface area contributed by atoms with E-state index in [9.17, 15) is 0 Å². The predicted octanol–water partition coefficient (Wildman–Crippen LogP) is 3.29. The number of nitrogens with zero attached hydrogens (tertiary/aromatic N) is 3. The highest BCUT2D eigenvalue weighted by atomic mass is 16.5. The van der Waals surface area contributed by atoms with Gasteiger partial charge in [-0.1, -0.05) is 53.7 Å². The SMILES string of the molecule is CN=C(NCc1cc(-c2ccccc2)no1)NC1CCN(c2ccccc2)C1. The molecule has 0 saturated carbocycles. The molecule has 6 nitrogen and oxygen atoms in total. The van der Waals surface area contributed by atoms with Crippen LogP contribution in [0.3, 0.4) is 0 Å². The van der Waals surface area contributed by atoms with Crippen LogP contribution in [0.5, 0.6) is 0 Å². The maximum Gasteiger partial charge on any atom is 0.191 e. The largest absolute Gasteiger partial charge is 0.369 e. The van der Waals surface area contributed by atoms with Crippen molar-refractivity contribution in [1.82, 2.24) is 15.8 Å². The first-order chi connectivity index (χ1) is 13.8. The second kappa shape index (κ2) is 8.61. The topological polar surface area (TPSA) is 65.7 Å². The molecule has 2 aromatic carbocycles. The zero-order chi connectivity index (χ0) is 19.2. The van der Waals surface area contributed by atoms with Crippen LogP contribution >= 0.6 is 0 Å². The number of aliphatic imine (C=N–C) groups is 1. The molecule has 3 aromatic rings. The molecular weight excluding hydrogens is 350 g/mol. The summed E-state index contributed by atoms with van der Waals surface area (Å²) in [4.78, 5) is 6.74. The summed E-state index contributed by atoms with van der Waals surface area (Å²) in [5.74, 6) is 1.55. The van der Waals surface area contributed by atoms with Gasteiger partial charge in [0.05, 0.1) is 6.54 Å². The number of nitrogens with one attached hydrogen (secondary N) is 2. The Bertz CT molecular complexity index is 907. The van der Waals surface area contributed by atoms with E-state index in [4.69, 9.17) is 4.52 Å². The van der Waals surface area contributed by atoms with Crippen LogP contribution in [0.4, 0.5) is 5.69 Å². The van der Waals surface area contributed by atoms with Crippen LogP contribution in [0, 0.1) is 0 Å². The maximum atomic E-state index is 5.46. The van der Waals surface area contributed by atoms with Crippen LogP contribution < -0.4 is 15.5 Å². The molecule has 2 heterocycles. The summed E-state index contributed by atoms with van der Waals surface area (Å²) in [5, 5.41) is 11.0. The number of anilines is 1. The maximum absolute atomic E-state index is 5.46. The van der Waals surface area contributed by atoms with E-state index in [1.54, 1.807) is 7.05 Å². The molecule has 0 aliphatic carbocycles. The van der Waals surface area contributed by atoms with Gasteiger partial charge in [-0.15, -0.1) is 0 Å². The highest BCUT2D eigenvalue weighted by molar-refractivity contribution is 5.80. The minimum Gasteiger partial charge on any atom is -0.369 e. The number of hydrogen-bond acceptors (Lipinski definition) is 4. The summed E-state index contributed by atoms with van der Waals surface area (Å²) in [5.41, 5.74) is 3.16. The number of guanidine groups is 1. The van der Waals surface area contributed by atoms with Gasteiger partial charge in [-0.05, 0) is 18.6 Å². The van der Waals surface area contributed by atoms with Crippen molar-refractivity contribution in [2.24, 2.45) is 4.99 Å². The molecule has 1 fully saturated rings. The molecule has 1 aliphatic rings. The number of para-hydroxylation sites is 1. The molecule has 0 spiro atoms. The van der Waals surface area contributed by atoms with Gasteiger partial charge in [-0.25, -0.2) is 0 Å². The van der Waals surface area contributed by atoms with E-state index in [2.05, 4.69) is 49.9 Å². The van der Waals surface area contributed by atoms with E-state index in [1.807, 2.05) is 42.5 Å². The van der Waals surface area contributed by atoms with Crippen molar-refractivity contribution in [3.8, 4) is 11.3 Å². The van der Waals surface area contributed by atoms with Gasteiger partial charge in [0, 0.05) is 43.5 Å². The van der Waals surface area contributed by atoms with Gasteiger partial charge in [-0.2, -0.15) is 0 Å². The third-order valence-corrected chi connectivity index (χ3v) is 4.93. The lowest BCUT2D eigenvalue weighted by molar-refractivity contribution is 0.381. The summed E-state index contributed by atoms with van der Waals surface area (Å²) in [6.45, 7) is 2.54. The van der Waals surface area contributed by atoms with Crippen LogP contribution in [0.15, 0.2) is 76.2 Å². The highest BCUT2D eigenvalue weighted by Gasteiger charge is 2.23. The zero-order valence-electron chi connectivity index (χ0n) is 16.0. The average Bonchev–Trinajstić information content (AvgIpc) is 3.42. The van der Waals surface area contributed by atoms with Crippen molar-refractivity contribution in [3.63, 3.8) is 0 Å². The molecule has 1 aromatic heterocycles. The summed E-state index contributed by atoms with van der Waals surface area (Å²) < 4.78 is 5.46. The third kappa shape index (κ3) is 4.34. The number of hydrogen-bond donors (Lipinski definition) is 2. The lowest BCUT2D eigenvalue weighted by Crippen LogP contribution is -2.44. The van der Waals surface area contributed by atoms with E-state index in [-0.39, 0.29) is 0 Å². The molecule has 0 bridgehead atoms. The van der Waals surface area contributed by atoms with Gasteiger partial charge >= 0.3 is 0 Å². The Hall–Kier alpha value is -3.28. The van der Waals surface area contributed by atoms with Crippen molar-refractivity contribution >= 4 is 11.6 Å². The van der Waals surface area contributed by atoms with Crippen LogP contribution in [0.1, 0.15) is 12.2 Å². The quantitative estimate of drug-likeness (QED) is 0.529. The van der Waals surface area contributed by atoms with Gasteiger partial charge in [0.15, 0.2) is 11.7 Å². The third-order valence-electron chi connectivity index (χ3n) is 4.93. The van der Waals surface area contributed by atoms with Crippen molar-refractivity contribution in [2.75, 3.05) is 25.0 Å². The van der Waals surface area contributed by atoms with Gasteiger partial charge in [-0.3, -0.25) is 4.99 Å². The molecule has 2 N–H and O–H groups in total. The van der Waals surface area contributed by atoms with Gasteiger partial charge < -0.3 is 20.1 Å². The van der Waals surface area contributed by atoms with Gasteiger partial charge in [0.25, 0.3) is 0 Å². The lowest BCUT2D eigenvalue weighted by Gasteiger charge is -2.20. The molecule has 144 valence electrons. The zero-order valence-corrected chi connectivity index (χ0v) is 16.0. The molecule has 1 atom stereocenters. The Morgan fingerprint density at radius 3 is 2.64 bits per heavy atom. The first-order valence-corrected chi connectivity index (χ1v) is 9.60. The highest BCUT2D eigenvalue weighted by Crippen LogP contribution is 2.20. The molecule has 1 saturated heterocycles. The van der Waals surface area contributed by atoms with Crippen LogP contribution in [0.25, 0.3) is 11.3 Å². The molecule has 4 rings (SSSR count). The molecule has 0 radical (unpaired) electrons. The fourth-order valence-corrected chi connectivity index (χ4v) is 3.45. The fraction of sp³-hybridized carbons (Fsp3) is 0.273. The van der Waals surface area contributed by atoms with Crippen molar-refractivity contribution in [2.45, 2.75) is 19.0 Å². The summed E-state index contributed by atoms with van der Waals surface area (Å²) in [6.07, 6.45) is 1.08. The monoisotopic (exact) mass is 375 g/mol. The second-order valence-corrected chi connectivity index (χ2v) is 6.88. The Labute approximate surface area is 165 Å². The first-order valence-electron chi connectivity index (χ1n) is 9.60. The number of rotatable bonds is 5. The van der Waals surface area contributed by atoms with Crippen molar-refractivity contribution in [3.05, 3.63) is 72.5 Å². The van der Waals surface area contributed by atoms with E-state index < -0.39 is 0 Å². The summed E-state index contributed by atoms with van der Waals surface area (Å²) in [6, 6.07) is 22.9. The molecule has 28 heavy (non-hydrogen) atoms. The van der Waals surface area contributed by atoms with E-state index in [0.29, 0.717) is 12.6 Å². The van der Waals surface area contributed by atoms with Crippen LogP contribution in [-0.2, 0) is 6.54 Å². The molecule has 6 heteroatoms.